The second kappa shape index (κ2) is 3.13. The largest absolute Gasteiger partial charge is 0.460 e. The van der Waals surface area contributed by atoms with Gasteiger partial charge in [-0.05, 0) is 15.9 Å². The van der Waals surface area contributed by atoms with Crippen molar-refractivity contribution in [1.29, 1.82) is 0 Å². The maximum atomic E-state index is 11.7. The highest BCUT2D eigenvalue weighted by Gasteiger charge is 2.20. The maximum absolute atomic E-state index is 11.7. The Labute approximate surface area is 69.3 Å². The van der Waals surface area contributed by atoms with Gasteiger partial charge in [0.25, 0.3) is 5.78 Å². The van der Waals surface area contributed by atoms with Gasteiger partial charge < -0.3 is 4.42 Å². The molecule has 0 fully saturated rings. The second-order valence-corrected chi connectivity index (χ2v) is 2.71. The topological polar surface area (TPSA) is 30.2 Å². The summed E-state index contributed by atoms with van der Waals surface area (Å²) >= 11 is 2.96. The van der Waals surface area contributed by atoms with Crippen molar-refractivity contribution in [3.63, 3.8) is 0 Å². The standard InChI is InChI=1S/C6H3BrF2O2/c7-3-1-4(11-2-3)5(10)6(8)9/h1-2,6H. The van der Waals surface area contributed by atoms with Crippen LogP contribution in [0, 0.1) is 0 Å². The molecule has 1 aromatic heterocycles. The number of hydrogen-bond acceptors (Lipinski definition) is 2. The number of rotatable bonds is 2. The molecule has 0 amide bonds. The molecule has 0 aliphatic heterocycles. The molecule has 0 unspecified atom stereocenters. The monoisotopic (exact) mass is 224 g/mol. The Kier molecular flexibility index (Phi) is 2.38. The fraction of sp³-hybridized carbons (Fsp3) is 0.167. The fourth-order valence-electron chi connectivity index (χ4n) is 0.550. The zero-order valence-electron chi connectivity index (χ0n) is 5.18. The van der Waals surface area contributed by atoms with Gasteiger partial charge in [-0.1, -0.05) is 0 Å². The van der Waals surface area contributed by atoms with E-state index >= 15 is 0 Å². The van der Waals surface area contributed by atoms with Gasteiger partial charge in [0.2, 0.25) is 0 Å². The lowest BCUT2D eigenvalue weighted by Crippen LogP contribution is -2.08. The molecule has 0 N–H and O–H groups in total. The summed E-state index contributed by atoms with van der Waals surface area (Å²) in [4.78, 5) is 10.5. The Bertz CT molecular complexity index is 269. The molecule has 2 nitrogen and oxygen atoms in total. The third-order valence-electron chi connectivity index (χ3n) is 1.01. The van der Waals surface area contributed by atoms with E-state index in [2.05, 4.69) is 20.3 Å². The van der Waals surface area contributed by atoms with Crippen LogP contribution in [0.3, 0.4) is 0 Å². The first-order chi connectivity index (χ1) is 5.11. The molecule has 1 aromatic rings. The minimum Gasteiger partial charge on any atom is -0.460 e. The number of ketones is 1. The molecule has 0 aliphatic carbocycles. The van der Waals surface area contributed by atoms with Crippen LogP contribution in [0.25, 0.3) is 0 Å². The summed E-state index contributed by atoms with van der Waals surface area (Å²) in [5, 5.41) is 0. The third kappa shape index (κ3) is 1.86. The van der Waals surface area contributed by atoms with Crippen molar-refractivity contribution in [2.45, 2.75) is 6.43 Å². The molecular formula is C6H3BrF2O2. The lowest BCUT2D eigenvalue weighted by atomic mass is 10.3. The number of furan rings is 1. The van der Waals surface area contributed by atoms with Crippen LogP contribution in [0.4, 0.5) is 8.78 Å². The lowest BCUT2D eigenvalue weighted by Gasteiger charge is -1.90. The first-order valence-corrected chi connectivity index (χ1v) is 3.47. The van der Waals surface area contributed by atoms with Gasteiger partial charge in [-0.3, -0.25) is 4.79 Å². The van der Waals surface area contributed by atoms with Crippen molar-refractivity contribution >= 4 is 21.7 Å². The van der Waals surface area contributed by atoms with Crippen molar-refractivity contribution in [3.8, 4) is 0 Å². The van der Waals surface area contributed by atoms with Crippen molar-refractivity contribution in [1.82, 2.24) is 0 Å². The molecule has 0 aliphatic rings. The van der Waals surface area contributed by atoms with E-state index in [0.717, 1.165) is 0 Å². The summed E-state index contributed by atoms with van der Waals surface area (Å²) in [7, 11) is 0. The van der Waals surface area contributed by atoms with Crippen LogP contribution < -0.4 is 0 Å². The Hall–Kier alpha value is -0.710. The molecule has 0 aromatic carbocycles. The predicted molar refractivity (Wildman–Crippen MR) is 36.7 cm³/mol. The molecule has 1 rings (SSSR count). The zero-order valence-corrected chi connectivity index (χ0v) is 6.77. The summed E-state index contributed by atoms with van der Waals surface area (Å²) in [6.45, 7) is 0. The van der Waals surface area contributed by atoms with Crippen LogP contribution in [0.5, 0.6) is 0 Å². The van der Waals surface area contributed by atoms with E-state index in [1.54, 1.807) is 0 Å². The molecule has 0 spiro atoms. The van der Waals surface area contributed by atoms with E-state index in [0.29, 0.717) is 4.47 Å². The molecular weight excluding hydrogens is 222 g/mol. The van der Waals surface area contributed by atoms with Crippen LogP contribution >= 0.6 is 15.9 Å². The molecule has 11 heavy (non-hydrogen) atoms. The quantitative estimate of drug-likeness (QED) is 0.723. The number of Topliss-reactive ketones (excluding diaryl/α,β-unsaturated/α-hetero) is 1. The van der Waals surface area contributed by atoms with Crippen LogP contribution in [0.15, 0.2) is 21.2 Å². The molecule has 1 heterocycles. The van der Waals surface area contributed by atoms with E-state index in [1.807, 2.05) is 0 Å². The van der Waals surface area contributed by atoms with Crippen LogP contribution in [0.2, 0.25) is 0 Å². The zero-order chi connectivity index (χ0) is 8.43. The number of alkyl halides is 2. The molecule has 0 atom stereocenters. The lowest BCUT2D eigenvalue weighted by molar-refractivity contribution is 0.0649. The van der Waals surface area contributed by atoms with Gasteiger partial charge in [-0.2, -0.15) is 0 Å². The summed E-state index contributed by atoms with van der Waals surface area (Å²) in [6, 6.07) is 1.20. The van der Waals surface area contributed by atoms with Crippen LogP contribution in [-0.2, 0) is 0 Å². The first kappa shape index (κ1) is 8.39. The predicted octanol–water partition coefficient (Wildman–Crippen LogP) is 2.49. The number of hydrogen-bond donors (Lipinski definition) is 0. The van der Waals surface area contributed by atoms with Gasteiger partial charge >= 0.3 is 6.43 Å². The minimum atomic E-state index is -3.01. The minimum absolute atomic E-state index is 0.327. The van der Waals surface area contributed by atoms with Crippen molar-refractivity contribution < 1.29 is 18.0 Å². The highest BCUT2D eigenvalue weighted by atomic mass is 79.9. The van der Waals surface area contributed by atoms with E-state index < -0.39 is 12.2 Å². The molecule has 0 radical (unpaired) electrons. The average molecular weight is 225 g/mol. The van der Waals surface area contributed by atoms with Gasteiger partial charge in [0, 0.05) is 6.07 Å². The van der Waals surface area contributed by atoms with Crippen molar-refractivity contribution in [2.75, 3.05) is 0 Å². The summed E-state index contributed by atoms with van der Waals surface area (Å²) in [6.07, 6.45) is -1.83. The van der Waals surface area contributed by atoms with Gasteiger partial charge in [-0.25, -0.2) is 8.78 Å². The summed E-state index contributed by atoms with van der Waals surface area (Å²) < 4.78 is 28.4. The van der Waals surface area contributed by atoms with Crippen molar-refractivity contribution in [2.24, 2.45) is 0 Å². The van der Waals surface area contributed by atoms with Crippen molar-refractivity contribution in [3.05, 3.63) is 22.6 Å². The van der Waals surface area contributed by atoms with E-state index in [9.17, 15) is 13.6 Å². The van der Waals surface area contributed by atoms with E-state index in [1.165, 1.54) is 12.3 Å². The third-order valence-corrected chi connectivity index (χ3v) is 1.42. The molecule has 0 saturated carbocycles. The number of halogens is 3. The van der Waals surface area contributed by atoms with Gasteiger partial charge in [0.05, 0.1) is 4.47 Å². The molecule has 0 saturated heterocycles. The summed E-state index contributed by atoms with van der Waals surface area (Å²) in [5.74, 6) is -1.62. The Morgan fingerprint density at radius 3 is 2.64 bits per heavy atom. The molecule has 60 valence electrons. The number of carbonyl (C=O) groups excluding carboxylic acids is 1. The van der Waals surface area contributed by atoms with E-state index in [4.69, 9.17) is 0 Å². The Morgan fingerprint density at radius 1 is 1.64 bits per heavy atom. The average Bonchev–Trinajstić information content (AvgIpc) is 2.34. The van der Waals surface area contributed by atoms with E-state index in [-0.39, 0.29) is 5.76 Å². The molecule has 0 bridgehead atoms. The van der Waals surface area contributed by atoms with Crippen LogP contribution in [0.1, 0.15) is 10.6 Å². The fourth-order valence-corrected chi connectivity index (χ4v) is 0.851. The SMILES string of the molecule is O=C(c1cc(Br)co1)C(F)F. The summed E-state index contributed by atoms with van der Waals surface area (Å²) in [5.41, 5.74) is 0. The van der Waals surface area contributed by atoms with Gasteiger partial charge in [-0.15, -0.1) is 0 Å². The van der Waals surface area contributed by atoms with Gasteiger partial charge in [0.15, 0.2) is 5.76 Å². The first-order valence-electron chi connectivity index (χ1n) is 2.67. The normalized spacial score (nSPS) is 10.5. The molecule has 5 heteroatoms. The number of carbonyl (C=O) groups is 1. The smallest absolute Gasteiger partial charge is 0.303 e. The Morgan fingerprint density at radius 2 is 2.27 bits per heavy atom. The highest BCUT2D eigenvalue weighted by Crippen LogP contribution is 2.16. The maximum Gasteiger partial charge on any atom is 0.303 e. The van der Waals surface area contributed by atoms with Crippen LogP contribution in [-0.4, -0.2) is 12.2 Å². The second-order valence-electron chi connectivity index (χ2n) is 1.79. The van der Waals surface area contributed by atoms with Gasteiger partial charge in [0.1, 0.15) is 6.26 Å². The highest BCUT2D eigenvalue weighted by molar-refractivity contribution is 9.10. The Balaban J connectivity index is 2.85.